The van der Waals surface area contributed by atoms with Crippen LogP contribution in [0.3, 0.4) is 0 Å². The second-order valence-electron chi connectivity index (χ2n) is 6.35. The highest BCUT2D eigenvalue weighted by Gasteiger charge is 2.22. The maximum absolute atomic E-state index is 12.6. The minimum absolute atomic E-state index is 0.0402. The summed E-state index contributed by atoms with van der Waals surface area (Å²) in [4.78, 5) is 17.0. The van der Waals surface area contributed by atoms with Crippen molar-refractivity contribution in [2.75, 3.05) is 0 Å². The third kappa shape index (κ3) is 3.72. The first-order valence-electron chi connectivity index (χ1n) is 8.58. The molecule has 0 unspecified atom stereocenters. The number of aryl methyl sites for hydroxylation is 1. The van der Waals surface area contributed by atoms with Crippen molar-refractivity contribution in [1.82, 2.24) is 19.3 Å². The van der Waals surface area contributed by atoms with E-state index in [4.69, 9.17) is 11.6 Å². The molecule has 4 rings (SSSR count). The van der Waals surface area contributed by atoms with Gasteiger partial charge in [0.25, 0.3) is 15.9 Å². The van der Waals surface area contributed by atoms with Crippen molar-refractivity contribution in [3.63, 3.8) is 0 Å². The van der Waals surface area contributed by atoms with E-state index < -0.39 is 15.9 Å². The Morgan fingerprint density at radius 3 is 2.66 bits per heavy atom. The highest BCUT2D eigenvalue weighted by molar-refractivity contribution is 7.90. The van der Waals surface area contributed by atoms with Crippen LogP contribution in [-0.4, -0.2) is 28.9 Å². The SMILES string of the molecule is Cc1ccccc1S(=O)(=O)NC(=O)c1ccn2ncc(-c3cccc(Cl)c3)c2n1. The van der Waals surface area contributed by atoms with Gasteiger partial charge in [-0.15, -0.1) is 0 Å². The standard InChI is InChI=1S/C20H15ClN4O3S/c1-13-5-2-3-8-18(13)29(27,28)24-20(26)17-9-10-25-19(23-17)16(12-22-25)14-6-4-7-15(21)11-14/h2-12H,1H3,(H,24,26). The van der Waals surface area contributed by atoms with Gasteiger partial charge in [0.2, 0.25) is 0 Å². The maximum Gasteiger partial charge on any atom is 0.283 e. The molecule has 1 N–H and O–H groups in total. The molecule has 9 heteroatoms. The number of sulfonamides is 1. The average Bonchev–Trinajstić information content (AvgIpc) is 3.11. The molecule has 0 saturated carbocycles. The summed E-state index contributed by atoms with van der Waals surface area (Å²) in [7, 11) is -4.03. The minimum atomic E-state index is -4.03. The van der Waals surface area contributed by atoms with Crippen LogP contribution < -0.4 is 4.72 Å². The largest absolute Gasteiger partial charge is 0.283 e. The Bertz CT molecular complexity index is 1350. The number of aromatic nitrogens is 3. The molecule has 2 aromatic heterocycles. The molecule has 7 nitrogen and oxygen atoms in total. The molecule has 0 bridgehead atoms. The number of carbonyl (C=O) groups is 1. The van der Waals surface area contributed by atoms with Crippen LogP contribution in [0.4, 0.5) is 0 Å². The van der Waals surface area contributed by atoms with E-state index in [0.717, 1.165) is 5.56 Å². The van der Waals surface area contributed by atoms with Gasteiger partial charge in [0.15, 0.2) is 5.65 Å². The van der Waals surface area contributed by atoms with Crippen LogP contribution in [0, 0.1) is 6.92 Å². The number of amides is 1. The third-order valence-corrected chi connectivity index (χ3v) is 6.07. The number of halogens is 1. The van der Waals surface area contributed by atoms with Gasteiger partial charge in [-0.25, -0.2) is 22.6 Å². The summed E-state index contributed by atoms with van der Waals surface area (Å²) in [5, 5.41) is 4.78. The van der Waals surface area contributed by atoms with Crippen molar-refractivity contribution in [2.45, 2.75) is 11.8 Å². The summed E-state index contributed by atoms with van der Waals surface area (Å²) in [6, 6.07) is 15.0. The molecule has 1 amide bonds. The van der Waals surface area contributed by atoms with Crippen molar-refractivity contribution in [3.05, 3.63) is 83.3 Å². The molecule has 146 valence electrons. The first-order chi connectivity index (χ1) is 13.8. The first kappa shape index (κ1) is 19.1. The lowest BCUT2D eigenvalue weighted by Gasteiger charge is -2.09. The average molecular weight is 427 g/mol. The second-order valence-corrected chi connectivity index (χ2v) is 8.44. The summed E-state index contributed by atoms with van der Waals surface area (Å²) in [6.45, 7) is 1.66. The number of fused-ring (bicyclic) bond motifs is 1. The Kier molecular flexibility index (Phi) is 4.81. The molecule has 0 saturated heterocycles. The fourth-order valence-electron chi connectivity index (χ4n) is 2.94. The van der Waals surface area contributed by atoms with E-state index in [9.17, 15) is 13.2 Å². The fraction of sp³-hybridized carbons (Fsp3) is 0.0500. The van der Waals surface area contributed by atoms with Crippen LogP contribution in [0.5, 0.6) is 0 Å². The third-order valence-electron chi connectivity index (χ3n) is 4.35. The summed E-state index contributed by atoms with van der Waals surface area (Å²) in [5.74, 6) is -0.825. The molecule has 0 fully saturated rings. The second kappa shape index (κ2) is 7.31. The van der Waals surface area contributed by atoms with Crippen LogP contribution in [0.15, 0.2) is 71.9 Å². The number of rotatable bonds is 4. The van der Waals surface area contributed by atoms with E-state index in [1.807, 2.05) is 6.07 Å². The fourth-order valence-corrected chi connectivity index (χ4v) is 4.34. The number of nitrogens with zero attached hydrogens (tertiary/aromatic N) is 3. The summed E-state index contributed by atoms with van der Waals surface area (Å²) >= 11 is 6.06. The van der Waals surface area contributed by atoms with Gasteiger partial charge < -0.3 is 0 Å². The van der Waals surface area contributed by atoms with Crippen LogP contribution in [-0.2, 0) is 10.0 Å². The maximum atomic E-state index is 12.6. The first-order valence-corrected chi connectivity index (χ1v) is 10.4. The van der Waals surface area contributed by atoms with E-state index in [-0.39, 0.29) is 10.6 Å². The zero-order valence-corrected chi connectivity index (χ0v) is 16.8. The van der Waals surface area contributed by atoms with Gasteiger partial charge in [-0.3, -0.25) is 4.79 Å². The Labute approximate surface area is 172 Å². The molecule has 0 atom stereocenters. The topological polar surface area (TPSA) is 93.4 Å². The van der Waals surface area contributed by atoms with Crippen LogP contribution in [0.1, 0.15) is 16.1 Å². The van der Waals surface area contributed by atoms with Crippen molar-refractivity contribution in [1.29, 1.82) is 0 Å². The van der Waals surface area contributed by atoms with Gasteiger partial charge >= 0.3 is 0 Å². The van der Waals surface area contributed by atoms with Gasteiger partial charge in [0.1, 0.15) is 5.69 Å². The zero-order valence-electron chi connectivity index (χ0n) is 15.2. The highest BCUT2D eigenvalue weighted by Crippen LogP contribution is 2.26. The molecular formula is C20H15ClN4O3S. The minimum Gasteiger partial charge on any atom is -0.266 e. The number of nitrogens with one attached hydrogen (secondary N) is 1. The summed E-state index contributed by atoms with van der Waals surface area (Å²) in [6.07, 6.45) is 3.16. The highest BCUT2D eigenvalue weighted by atomic mass is 35.5. The normalized spacial score (nSPS) is 11.5. The molecule has 0 aliphatic carbocycles. The Balaban J connectivity index is 1.70. The van der Waals surface area contributed by atoms with E-state index in [1.165, 1.54) is 16.6 Å². The number of benzene rings is 2. The lowest BCUT2D eigenvalue weighted by molar-refractivity contribution is 0.0976. The van der Waals surface area contributed by atoms with Crippen molar-refractivity contribution < 1.29 is 13.2 Å². The monoisotopic (exact) mass is 426 g/mol. The lowest BCUT2D eigenvalue weighted by Crippen LogP contribution is -2.31. The Morgan fingerprint density at radius 1 is 1.10 bits per heavy atom. The van der Waals surface area contributed by atoms with Crippen LogP contribution in [0.2, 0.25) is 5.02 Å². The molecule has 29 heavy (non-hydrogen) atoms. The van der Waals surface area contributed by atoms with Gasteiger partial charge in [0.05, 0.1) is 11.1 Å². The molecule has 4 aromatic rings. The van der Waals surface area contributed by atoms with Crippen LogP contribution in [0.25, 0.3) is 16.8 Å². The molecule has 0 radical (unpaired) electrons. The Hall–Kier alpha value is -3.23. The molecule has 0 aliphatic rings. The predicted octanol–water partition coefficient (Wildman–Crippen LogP) is 3.48. The lowest BCUT2D eigenvalue weighted by atomic mass is 10.1. The molecule has 2 aromatic carbocycles. The van der Waals surface area contributed by atoms with Gasteiger partial charge in [0, 0.05) is 16.8 Å². The molecule has 0 aliphatic heterocycles. The van der Waals surface area contributed by atoms with E-state index in [0.29, 0.717) is 21.8 Å². The van der Waals surface area contributed by atoms with Crippen molar-refractivity contribution >= 4 is 33.2 Å². The number of carbonyl (C=O) groups excluding carboxylic acids is 1. The van der Waals surface area contributed by atoms with Gasteiger partial charge in [-0.05, 0) is 42.3 Å². The quantitative estimate of drug-likeness (QED) is 0.539. The van der Waals surface area contributed by atoms with Crippen LogP contribution >= 0.6 is 11.6 Å². The van der Waals surface area contributed by atoms with Crippen molar-refractivity contribution in [3.8, 4) is 11.1 Å². The van der Waals surface area contributed by atoms with Gasteiger partial charge in [-0.2, -0.15) is 5.10 Å². The van der Waals surface area contributed by atoms with E-state index in [2.05, 4.69) is 14.8 Å². The summed E-state index contributed by atoms with van der Waals surface area (Å²) in [5.41, 5.74) is 2.36. The smallest absolute Gasteiger partial charge is 0.266 e. The van der Waals surface area contributed by atoms with Gasteiger partial charge in [-0.1, -0.05) is 41.9 Å². The molecular weight excluding hydrogens is 412 g/mol. The summed E-state index contributed by atoms with van der Waals surface area (Å²) < 4.78 is 28.7. The molecule has 0 spiro atoms. The zero-order chi connectivity index (χ0) is 20.6. The van der Waals surface area contributed by atoms with Crippen molar-refractivity contribution in [2.24, 2.45) is 0 Å². The predicted molar refractivity (Wildman–Crippen MR) is 109 cm³/mol. The van der Waals surface area contributed by atoms with E-state index in [1.54, 1.807) is 55.7 Å². The Morgan fingerprint density at radius 2 is 1.90 bits per heavy atom. The van der Waals surface area contributed by atoms with E-state index >= 15 is 0 Å². The number of hydrogen-bond donors (Lipinski definition) is 1. The number of hydrogen-bond acceptors (Lipinski definition) is 5. The molecule has 2 heterocycles.